The number of nitrogens with one attached hydrogen (secondary N) is 1. The molecule has 0 saturated carbocycles. The highest BCUT2D eigenvalue weighted by Crippen LogP contribution is 2.18. The molecule has 0 saturated heterocycles. The maximum Gasteiger partial charge on any atom is 0.132 e. The zero-order valence-corrected chi connectivity index (χ0v) is 10.8. The molecule has 2 atom stereocenters. The smallest absolute Gasteiger partial charge is 0.132 e. The van der Waals surface area contributed by atoms with E-state index in [0.29, 0.717) is 18.7 Å². The molecule has 0 amide bonds. The second kappa shape index (κ2) is 6.50. The van der Waals surface area contributed by atoms with Gasteiger partial charge >= 0.3 is 0 Å². The monoisotopic (exact) mass is 263 g/mol. The van der Waals surface area contributed by atoms with Gasteiger partial charge in [0.15, 0.2) is 0 Å². The molecule has 2 unspecified atom stereocenters. The van der Waals surface area contributed by atoms with Crippen LogP contribution in [0, 0.1) is 5.82 Å². The molecule has 2 N–H and O–H groups in total. The van der Waals surface area contributed by atoms with Crippen LogP contribution in [0.4, 0.5) is 4.39 Å². The maximum absolute atomic E-state index is 13.0. The SMILES string of the molecule is CC(CC(O)c1ccco1)NCc1cccc(F)c1. The molecule has 0 bridgehead atoms. The number of halogens is 1. The van der Waals surface area contributed by atoms with E-state index in [9.17, 15) is 9.50 Å². The average Bonchev–Trinajstić information content (AvgIpc) is 2.90. The van der Waals surface area contributed by atoms with Gasteiger partial charge in [0.2, 0.25) is 0 Å². The first kappa shape index (κ1) is 13.8. The van der Waals surface area contributed by atoms with Gasteiger partial charge in [-0.2, -0.15) is 0 Å². The molecule has 2 rings (SSSR count). The van der Waals surface area contributed by atoms with Crippen LogP contribution in [0.5, 0.6) is 0 Å². The third-order valence-electron chi connectivity index (χ3n) is 2.99. The number of hydrogen-bond donors (Lipinski definition) is 2. The highest BCUT2D eigenvalue weighted by molar-refractivity contribution is 5.16. The van der Waals surface area contributed by atoms with Crippen LogP contribution in [0.1, 0.15) is 30.8 Å². The molecule has 0 aliphatic carbocycles. The average molecular weight is 263 g/mol. The third kappa shape index (κ3) is 4.19. The van der Waals surface area contributed by atoms with Crippen molar-refractivity contribution in [3.63, 3.8) is 0 Å². The Bertz CT molecular complexity index is 499. The van der Waals surface area contributed by atoms with E-state index in [-0.39, 0.29) is 11.9 Å². The molecule has 3 nitrogen and oxygen atoms in total. The summed E-state index contributed by atoms with van der Waals surface area (Å²) in [5.41, 5.74) is 0.888. The Morgan fingerprint density at radius 3 is 2.84 bits per heavy atom. The van der Waals surface area contributed by atoms with Crippen LogP contribution in [-0.2, 0) is 6.54 Å². The summed E-state index contributed by atoms with van der Waals surface area (Å²) in [7, 11) is 0. The molecule has 0 aliphatic heterocycles. The normalized spacial score (nSPS) is 14.3. The lowest BCUT2D eigenvalue weighted by Crippen LogP contribution is -2.27. The standard InChI is InChI=1S/C15H18FNO2/c1-11(8-14(18)15-6-3-7-19-15)17-10-12-4-2-5-13(16)9-12/h2-7,9,11,14,17-18H,8,10H2,1H3. The summed E-state index contributed by atoms with van der Waals surface area (Å²) < 4.78 is 18.2. The van der Waals surface area contributed by atoms with E-state index in [0.717, 1.165) is 5.56 Å². The van der Waals surface area contributed by atoms with Gasteiger partial charge in [0.05, 0.1) is 6.26 Å². The number of rotatable bonds is 6. The number of aliphatic hydroxyl groups excluding tert-OH is 1. The van der Waals surface area contributed by atoms with Gasteiger partial charge in [-0.3, -0.25) is 0 Å². The molecule has 102 valence electrons. The van der Waals surface area contributed by atoms with E-state index < -0.39 is 6.10 Å². The second-order valence-electron chi connectivity index (χ2n) is 4.68. The highest BCUT2D eigenvalue weighted by Gasteiger charge is 2.14. The fourth-order valence-electron chi connectivity index (χ4n) is 1.95. The molecule has 1 aromatic heterocycles. The van der Waals surface area contributed by atoms with E-state index in [1.807, 2.05) is 13.0 Å². The third-order valence-corrected chi connectivity index (χ3v) is 2.99. The summed E-state index contributed by atoms with van der Waals surface area (Å²) in [5, 5.41) is 13.2. The summed E-state index contributed by atoms with van der Waals surface area (Å²) in [6.07, 6.45) is 1.47. The van der Waals surface area contributed by atoms with Crippen LogP contribution in [-0.4, -0.2) is 11.1 Å². The largest absolute Gasteiger partial charge is 0.467 e. The van der Waals surface area contributed by atoms with Crippen molar-refractivity contribution in [3.05, 3.63) is 59.8 Å². The van der Waals surface area contributed by atoms with Crippen LogP contribution in [0.3, 0.4) is 0 Å². The van der Waals surface area contributed by atoms with E-state index in [4.69, 9.17) is 4.42 Å². The first-order chi connectivity index (χ1) is 9.15. The second-order valence-corrected chi connectivity index (χ2v) is 4.68. The Labute approximate surface area is 112 Å². The molecular formula is C15H18FNO2. The van der Waals surface area contributed by atoms with Crippen molar-refractivity contribution < 1.29 is 13.9 Å². The van der Waals surface area contributed by atoms with Crippen molar-refractivity contribution in [1.82, 2.24) is 5.32 Å². The molecule has 0 fully saturated rings. The van der Waals surface area contributed by atoms with E-state index in [1.54, 1.807) is 24.5 Å². The molecule has 4 heteroatoms. The molecule has 0 aliphatic rings. The van der Waals surface area contributed by atoms with Crippen LogP contribution < -0.4 is 5.32 Å². The van der Waals surface area contributed by atoms with Gasteiger partial charge in [0.1, 0.15) is 17.7 Å². The Kier molecular flexibility index (Phi) is 4.71. The molecule has 19 heavy (non-hydrogen) atoms. The lowest BCUT2D eigenvalue weighted by molar-refractivity contribution is 0.128. The minimum atomic E-state index is -0.620. The van der Waals surface area contributed by atoms with Gasteiger partial charge in [0.25, 0.3) is 0 Å². The van der Waals surface area contributed by atoms with Crippen molar-refractivity contribution in [3.8, 4) is 0 Å². The maximum atomic E-state index is 13.0. The fraction of sp³-hybridized carbons (Fsp3) is 0.333. The van der Waals surface area contributed by atoms with Gasteiger partial charge in [-0.1, -0.05) is 12.1 Å². The fourth-order valence-corrected chi connectivity index (χ4v) is 1.95. The number of benzene rings is 1. The lowest BCUT2D eigenvalue weighted by atomic mass is 10.1. The van der Waals surface area contributed by atoms with E-state index >= 15 is 0 Å². The van der Waals surface area contributed by atoms with Gasteiger partial charge in [-0.25, -0.2) is 4.39 Å². The van der Waals surface area contributed by atoms with Crippen LogP contribution in [0.15, 0.2) is 47.1 Å². The van der Waals surface area contributed by atoms with E-state index in [1.165, 1.54) is 12.1 Å². The summed E-state index contributed by atoms with van der Waals surface area (Å²) in [6, 6.07) is 10.1. The number of furan rings is 1. The van der Waals surface area contributed by atoms with Crippen molar-refractivity contribution in [2.24, 2.45) is 0 Å². The van der Waals surface area contributed by atoms with Gasteiger partial charge in [0, 0.05) is 12.6 Å². The lowest BCUT2D eigenvalue weighted by Gasteiger charge is -2.16. The molecule has 0 spiro atoms. The van der Waals surface area contributed by atoms with Crippen molar-refractivity contribution in [2.45, 2.75) is 32.0 Å². The zero-order chi connectivity index (χ0) is 13.7. The summed E-state index contributed by atoms with van der Waals surface area (Å²) in [4.78, 5) is 0. The van der Waals surface area contributed by atoms with Crippen molar-refractivity contribution >= 4 is 0 Å². The zero-order valence-electron chi connectivity index (χ0n) is 10.8. The quantitative estimate of drug-likeness (QED) is 0.842. The molecule has 1 heterocycles. The predicted molar refractivity (Wildman–Crippen MR) is 71.0 cm³/mol. The molecule has 0 radical (unpaired) electrons. The Balaban J connectivity index is 1.80. The first-order valence-corrected chi connectivity index (χ1v) is 6.34. The van der Waals surface area contributed by atoms with Crippen LogP contribution in [0.2, 0.25) is 0 Å². The van der Waals surface area contributed by atoms with Gasteiger partial charge in [-0.15, -0.1) is 0 Å². The summed E-state index contributed by atoms with van der Waals surface area (Å²) >= 11 is 0. The highest BCUT2D eigenvalue weighted by atomic mass is 19.1. The van der Waals surface area contributed by atoms with Crippen molar-refractivity contribution in [1.29, 1.82) is 0 Å². The number of aliphatic hydroxyl groups is 1. The van der Waals surface area contributed by atoms with E-state index in [2.05, 4.69) is 5.32 Å². The Morgan fingerprint density at radius 2 is 2.16 bits per heavy atom. The Hall–Kier alpha value is -1.65. The van der Waals surface area contributed by atoms with Crippen molar-refractivity contribution in [2.75, 3.05) is 0 Å². The first-order valence-electron chi connectivity index (χ1n) is 6.34. The molecular weight excluding hydrogens is 245 g/mol. The van der Waals surface area contributed by atoms with Crippen LogP contribution >= 0.6 is 0 Å². The minimum Gasteiger partial charge on any atom is -0.467 e. The van der Waals surface area contributed by atoms with Gasteiger partial charge in [-0.05, 0) is 43.2 Å². The summed E-state index contributed by atoms with van der Waals surface area (Å²) in [6.45, 7) is 2.55. The number of hydrogen-bond acceptors (Lipinski definition) is 3. The predicted octanol–water partition coefficient (Wildman–Crippen LogP) is 3.02. The summed E-state index contributed by atoms with van der Waals surface area (Å²) in [5.74, 6) is 0.335. The Morgan fingerprint density at radius 1 is 1.32 bits per heavy atom. The van der Waals surface area contributed by atoms with Gasteiger partial charge < -0.3 is 14.8 Å². The molecule has 2 aromatic rings. The molecule has 1 aromatic carbocycles. The van der Waals surface area contributed by atoms with Crippen LogP contribution in [0.25, 0.3) is 0 Å². The minimum absolute atomic E-state index is 0.100. The topological polar surface area (TPSA) is 45.4 Å².